The van der Waals surface area contributed by atoms with E-state index in [9.17, 15) is 0 Å². The number of hydrogen-bond acceptors (Lipinski definition) is 4. The van der Waals surface area contributed by atoms with E-state index in [0.717, 1.165) is 17.5 Å². The first-order chi connectivity index (χ1) is 7.38. The largest absolute Gasteiger partial charge is 0.343 e. The lowest BCUT2D eigenvalue weighted by atomic mass is 10.4. The van der Waals surface area contributed by atoms with Gasteiger partial charge in [0.25, 0.3) is 0 Å². The summed E-state index contributed by atoms with van der Waals surface area (Å²) in [5.41, 5.74) is 0. The Hall–Kier alpha value is -0.350. The second-order valence-electron chi connectivity index (χ2n) is 4.32. The van der Waals surface area contributed by atoms with E-state index in [1.165, 1.54) is 25.7 Å². The standard InChI is InChI=1S/C10H14ClN3S/c11-5-6-14(8-3-4-8)10-12-9(13-15-10)7-1-2-7/h7-8H,1-6H2. The summed E-state index contributed by atoms with van der Waals surface area (Å²) in [6.07, 6.45) is 5.12. The van der Waals surface area contributed by atoms with Crippen molar-refractivity contribution in [1.29, 1.82) is 0 Å². The molecule has 0 radical (unpaired) electrons. The van der Waals surface area contributed by atoms with Gasteiger partial charge in [0.2, 0.25) is 5.13 Å². The molecule has 5 heteroatoms. The predicted molar refractivity (Wildman–Crippen MR) is 63.0 cm³/mol. The SMILES string of the molecule is ClCCN(c1nc(C2CC2)ns1)C1CC1. The third kappa shape index (κ3) is 2.11. The van der Waals surface area contributed by atoms with Crippen molar-refractivity contribution in [3.8, 4) is 0 Å². The number of hydrogen-bond donors (Lipinski definition) is 0. The summed E-state index contributed by atoms with van der Waals surface area (Å²) in [7, 11) is 0. The molecule has 15 heavy (non-hydrogen) atoms. The highest BCUT2D eigenvalue weighted by molar-refractivity contribution is 7.09. The Kier molecular flexibility index (Phi) is 2.56. The fourth-order valence-electron chi connectivity index (χ4n) is 1.76. The third-order valence-corrected chi connectivity index (χ3v) is 3.87. The van der Waals surface area contributed by atoms with Gasteiger partial charge in [0.15, 0.2) is 0 Å². The number of rotatable bonds is 5. The lowest BCUT2D eigenvalue weighted by Gasteiger charge is -2.18. The van der Waals surface area contributed by atoms with Crippen LogP contribution in [0.4, 0.5) is 5.13 Å². The van der Waals surface area contributed by atoms with Crippen LogP contribution in [0, 0.1) is 0 Å². The molecule has 2 saturated carbocycles. The normalized spacial score (nSPS) is 20.6. The Balaban J connectivity index is 1.75. The summed E-state index contributed by atoms with van der Waals surface area (Å²) in [5, 5.41) is 1.08. The molecule has 2 aliphatic rings. The molecule has 0 aromatic carbocycles. The maximum absolute atomic E-state index is 5.81. The molecule has 82 valence electrons. The first-order valence-corrected chi connectivity index (χ1v) is 6.85. The molecule has 3 rings (SSSR count). The van der Waals surface area contributed by atoms with Crippen molar-refractivity contribution >= 4 is 28.3 Å². The van der Waals surface area contributed by atoms with Crippen molar-refractivity contribution in [2.75, 3.05) is 17.3 Å². The number of anilines is 1. The van der Waals surface area contributed by atoms with Gasteiger partial charge in [0.05, 0.1) is 0 Å². The van der Waals surface area contributed by atoms with E-state index in [-0.39, 0.29) is 0 Å². The number of alkyl halides is 1. The average Bonchev–Trinajstić information content (AvgIpc) is 3.13. The zero-order valence-electron chi connectivity index (χ0n) is 8.53. The monoisotopic (exact) mass is 243 g/mol. The van der Waals surface area contributed by atoms with Crippen molar-refractivity contribution in [1.82, 2.24) is 9.36 Å². The zero-order valence-corrected chi connectivity index (χ0v) is 10.1. The van der Waals surface area contributed by atoms with Crippen LogP contribution < -0.4 is 4.90 Å². The number of aromatic nitrogens is 2. The molecule has 0 amide bonds. The quantitative estimate of drug-likeness (QED) is 0.745. The van der Waals surface area contributed by atoms with Gasteiger partial charge in [0.1, 0.15) is 5.82 Å². The molecule has 3 nitrogen and oxygen atoms in total. The van der Waals surface area contributed by atoms with Gasteiger partial charge in [-0.3, -0.25) is 0 Å². The highest BCUT2D eigenvalue weighted by atomic mass is 35.5. The van der Waals surface area contributed by atoms with Crippen molar-refractivity contribution in [3.05, 3.63) is 5.82 Å². The van der Waals surface area contributed by atoms with Crippen LogP contribution in [0.25, 0.3) is 0 Å². The fraction of sp³-hybridized carbons (Fsp3) is 0.800. The van der Waals surface area contributed by atoms with Gasteiger partial charge in [-0.1, -0.05) is 0 Å². The first-order valence-electron chi connectivity index (χ1n) is 5.54. The van der Waals surface area contributed by atoms with Gasteiger partial charge in [-0.25, -0.2) is 4.98 Å². The van der Waals surface area contributed by atoms with E-state index >= 15 is 0 Å². The maximum atomic E-state index is 5.81. The summed E-state index contributed by atoms with van der Waals surface area (Å²) in [4.78, 5) is 6.96. The highest BCUT2D eigenvalue weighted by Crippen LogP contribution is 2.41. The minimum absolute atomic E-state index is 0.659. The van der Waals surface area contributed by atoms with E-state index < -0.39 is 0 Å². The molecule has 0 aliphatic heterocycles. The molecule has 1 aromatic heterocycles. The van der Waals surface area contributed by atoms with Crippen LogP contribution in [0.15, 0.2) is 0 Å². The van der Waals surface area contributed by atoms with Gasteiger partial charge in [0, 0.05) is 35.9 Å². The maximum Gasteiger partial charge on any atom is 0.205 e. The van der Waals surface area contributed by atoms with Gasteiger partial charge >= 0.3 is 0 Å². The summed E-state index contributed by atoms with van der Waals surface area (Å²) >= 11 is 7.35. The Bertz CT molecular complexity index is 346. The van der Waals surface area contributed by atoms with Gasteiger partial charge in [-0.15, -0.1) is 11.6 Å². The Morgan fingerprint density at radius 1 is 1.33 bits per heavy atom. The topological polar surface area (TPSA) is 29.0 Å². The zero-order chi connectivity index (χ0) is 10.3. The predicted octanol–water partition coefficient (Wildman–Crippen LogP) is 2.62. The second kappa shape index (κ2) is 3.91. The molecule has 1 aromatic rings. The molecule has 0 spiro atoms. The lowest BCUT2D eigenvalue weighted by molar-refractivity contribution is 0.817. The highest BCUT2D eigenvalue weighted by Gasteiger charge is 2.33. The minimum atomic E-state index is 0.659. The molecule has 2 aliphatic carbocycles. The number of nitrogens with zero attached hydrogens (tertiary/aromatic N) is 3. The van der Waals surface area contributed by atoms with E-state index in [1.54, 1.807) is 11.5 Å². The van der Waals surface area contributed by atoms with Crippen molar-refractivity contribution in [2.24, 2.45) is 0 Å². The molecule has 0 saturated heterocycles. The molecule has 0 bridgehead atoms. The van der Waals surface area contributed by atoms with Gasteiger partial charge < -0.3 is 4.90 Å². The van der Waals surface area contributed by atoms with Crippen LogP contribution in [-0.4, -0.2) is 27.8 Å². The molecular weight excluding hydrogens is 230 g/mol. The molecular formula is C10H14ClN3S. The van der Waals surface area contributed by atoms with Crippen LogP contribution in [-0.2, 0) is 0 Å². The smallest absolute Gasteiger partial charge is 0.205 e. The Morgan fingerprint density at radius 3 is 2.73 bits per heavy atom. The van der Waals surface area contributed by atoms with Gasteiger partial charge in [-0.05, 0) is 25.7 Å². The van der Waals surface area contributed by atoms with Crippen LogP contribution in [0.2, 0.25) is 0 Å². The fourth-order valence-corrected chi connectivity index (χ4v) is 2.79. The van der Waals surface area contributed by atoms with Crippen molar-refractivity contribution in [2.45, 2.75) is 37.6 Å². The van der Waals surface area contributed by atoms with E-state index in [1.807, 2.05) is 0 Å². The van der Waals surface area contributed by atoms with Crippen molar-refractivity contribution < 1.29 is 0 Å². The molecule has 0 unspecified atom stereocenters. The van der Waals surface area contributed by atoms with Gasteiger partial charge in [-0.2, -0.15) is 4.37 Å². The average molecular weight is 244 g/mol. The first kappa shape index (κ1) is 9.85. The lowest BCUT2D eigenvalue weighted by Crippen LogP contribution is -2.27. The van der Waals surface area contributed by atoms with Crippen LogP contribution in [0.3, 0.4) is 0 Å². The summed E-state index contributed by atoms with van der Waals surface area (Å²) in [6.45, 7) is 0.908. The molecule has 0 N–H and O–H groups in total. The van der Waals surface area contributed by atoms with E-state index in [2.05, 4.69) is 14.3 Å². The molecule has 1 heterocycles. The molecule has 2 fully saturated rings. The summed E-state index contributed by atoms with van der Waals surface area (Å²) in [6, 6.07) is 0.684. The molecule has 0 atom stereocenters. The summed E-state index contributed by atoms with van der Waals surface area (Å²) in [5.74, 6) is 2.40. The van der Waals surface area contributed by atoms with Crippen molar-refractivity contribution in [3.63, 3.8) is 0 Å². The van der Waals surface area contributed by atoms with E-state index in [0.29, 0.717) is 17.8 Å². The minimum Gasteiger partial charge on any atom is -0.343 e. The third-order valence-electron chi connectivity index (χ3n) is 2.93. The van der Waals surface area contributed by atoms with Crippen LogP contribution in [0.1, 0.15) is 37.4 Å². The van der Waals surface area contributed by atoms with Crippen LogP contribution >= 0.6 is 23.1 Å². The second-order valence-corrected chi connectivity index (χ2v) is 5.43. The summed E-state index contributed by atoms with van der Waals surface area (Å²) < 4.78 is 4.44. The number of halogens is 1. The van der Waals surface area contributed by atoms with E-state index in [4.69, 9.17) is 11.6 Å². The Morgan fingerprint density at radius 2 is 2.13 bits per heavy atom. The Labute approximate surface area is 98.6 Å². The van der Waals surface area contributed by atoms with Crippen LogP contribution in [0.5, 0.6) is 0 Å².